The molecule has 0 heterocycles. The molecule has 18 heteroatoms. The lowest BCUT2D eigenvalue weighted by atomic mass is 10.1. The number of ether oxygens (including phenoxy) is 1. The molecular formula is C33H26Cl3N3O10S2. The van der Waals surface area contributed by atoms with Crippen molar-refractivity contribution in [2.75, 3.05) is 19.0 Å². The second kappa shape index (κ2) is 14.9. The smallest absolute Gasteiger partial charge is 0.339 e. The van der Waals surface area contributed by atoms with Crippen LogP contribution in [-0.2, 0) is 31.4 Å². The topological polar surface area (TPSA) is 182 Å². The maximum absolute atomic E-state index is 13.3. The number of hydrogen-bond acceptors (Lipinski definition) is 10. The van der Waals surface area contributed by atoms with Crippen molar-refractivity contribution in [2.24, 2.45) is 0 Å². The number of nitrogens with one attached hydrogen (secondary N) is 1. The summed E-state index contributed by atoms with van der Waals surface area (Å²) in [5.41, 5.74) is 0.869. The summed E-state index contributed by atoms with van der Waals surface area (Å²) in [5.74, 6) is -1.80. The Labute approximate surface area is 307 Å². The molecule has 0 radical (unpaired) electrons. The van der Waals surface area contributed by atoms with E-state index in [1.54, 1.807) is 24.3 Å². The van der Waals surface area contributed by atoms with Crippen LogP contribution in [-0.4, -0.2) is 53.0 Å². The molecule has 5 aromatic carbocycles. The van der Waals surface area contributed by atoms with Gasteiger partial charge in [-0.2, -0.15) is 13.1 Å². The van der Waals surface area contributed by atoms with E-state index in [0.29, 0.717) is 16.3 Å². The molecule has 51 heavy (non-hydrogen) atoms. The predicted octanol–water partition coefficient (Wildman–Crippen LogP) is 7.31. The van der Waals surface area contributed by atoms with Crippen LogP contribution in [0.15, 0.2) is 101 Å². The van der Waals surface area contributed by atoms with Crippen molar-refractivity contribution in [3.63, 3.8) is 0 Å². The number of carboxylic acids is 1. The quantitative estimate of drug-likeness (QED) is 0.0693. The van der Waals surface area contributed by atoms with Crippen LogP contribution >= 0.6 is 34.8 Å². The van der Waals surface area contributed by atoms with Gasteiger partial charge in [0.2, 0.25) is 10.0 Å². The van der Waals surface area contributed by atoms with Gasteiger partial charge in [0.25, 0.3) is 5.69 Å². The van der Waals surface area contributed by atoms with Crippen LogP contribution in [0.5, 0.6) is 17.2 Å². The number of non-ortho nitro benzene ring substituents is 1. The lowest BCUT2D eigenvalue weighted by Gasteiger charge is -2.17. The zero-order valence-electron chi connectivity index (χ0n) is 26.4. The van der Waals surface area contributed by atoms with Crippen LogP contribution in [0.4, 0.5) is 11.4 Å². The minimum Gasteiger partial charge on any atom is -0.480 e. The fourth-order valence-electron chi connectivity index (χ4n) is 4.98. The van der Waals surface area contributed by atoms with Gasteiger partial charge in [-0.1, -0.05) is 71.2 Å². The first-order valence-corrected chi connectivity index (χ1v) is 18.6. The van der Waals surface area contributed by atoms with Gasteiger partial charge < -0.3 is 18.9 Å². The molecule has 0 aliphatic heterocycles. The minimum absolute atomic E-state index is 0.0388. The van der Waals surface area contributed by atoms with Crippen LogP contribution in [0.25, 0.3) is 10.8 Å². The lowest BCUT2D eigenvalue weighted by molar-refractivity contribution is -0.384. The summed E-state index contributed by atoms with van der Waals surface area (Å²) in [6, 6.07) is 19.3. The van der Waals surface area contributed by atoms with E-state index in [2.05, 4.69) is 4.72 Å². The van der Waals surface area contributed by atoms with Crippen LogP contribution in [0.2, 0.25) is 15.1 Å². The molecule has 0 amide bonds. The van der Waals surface area contributed by atoms with Gasteiger partial charge in [-0.05, 0) is 54.4 Å². The Morgan fingerprint density at radius 3 is 2.10 bits per heavy atom. The third kappa shape index (κ3) is 8.47. The van der Waals surface area contributed by atoms with Crippen LogP contribution < -0.4 is 18.5 Å². The van der Waals surface area contributed by atoms with E-state index >= 15 is 0 Å². The molecule has 0 saturated heterocycles. The van der Waals surface area contributed by atoms with Gasteiger partial charge in [0, 0.05) is 42.7 Å². The number of halogens is 3. The Bertz CT molecular complexity index is 2370. The average Bonchev–Trinajstić information content (AvgIpc) is 3.06. The van der Waals surface area contributed by atoms with Crippen molar-refractivity contribution in [3.05, 3.63) is 122 Å². The number of benzene rings is 5. The number of anilines is 1. The van der Waals surface area contributed by atoms with E-state index in [1.807, 2.05) is 25.1 Å². The van der Waals surface area contributed by atoms with Gasteiger partial charge in [0.15, 0.2) is 5.75 Å². The molecule has 0 aliphatic carbocycles. The van der Waals surface area contributed by atoms with Gasteiger partial charge in [0.05, 0.1) is 24.9 Å². The zero-order valence-corrected chi connectivity index (χ0v) is 30.3. The largest absolute Gasteiger partial charge is 0.480 e. The van der Waals surface area contributed by atoms with Gasteiger partial charge in [-0.15, -0.1) is 0 Å². The number of fused-ring (bicyclic) bond motifs is 1. The Morgan fingerprint density at radius 2 is 1.51 bits per heavy atom. The molecule has 0 fully saturated rings. The monoisotopic (exact) mass is 793 g/mol. The summed E-state index contributed by atoms with van der Waals surface area (Å²) in [5, 5.41) is 21.3. The number of nitro groups is 1. The SMILES string of the molecule is CN(C)c1cccc2c(S(=O)(=O)Oc3ccc(C[C@H](NS(=O)(=O)c4cc(Cl)c(Oc5ccc([N+](=O)[O-])cc5Cl)c(Cl)c4)C(=O)O)cc3)cccc12. The number of carboxylic acid groups (broad SMARTS) is 1. The summed E-state index contributed by atoms with van der Waals surface area (Å²) < 4.78 is 66.2. The third-order valence-electron chi connectivity index (χ3n) is 7.40. The van der Waals surface area contributed by atoms with Crippen LogP contribution in [0.3, 0.4) is 0 Å². The highest BCUT2D eigenvalue weighted by Crippen LogP contribution is 2.41. The molecule has 5 aromatic rings. The Balaban J connectivity index is 1.31. The summed E-state index contributed by atoms with van der Waals surface area (Å²) in [7, 11) is -5.14. The van der Waals surface area contributed by atoms with E-state index in [4.69, 9.17) is 43.7 Å². The molecule has 0 aromatic heterocycles. The first kappa shape index (κ1) is 37.6. The summed E-state index contributed by atoms with van der Waals surface area (Å²) >= 11 is 18.6. The Kier molecular flexibility index (Phi) is 11.0. The van der Waals surface area contributed by atoms with Gasteiger partial charge in [-0.3, -0.25) is 14.9 Å². The van der Waals surface area contributed by atoms with E-state index in [-0.39, 0.29) is 49.3 Å². The number of nitro benzene ring substituents is 1. The molecule has 2 N–H and O–H groups in total. The fraction of sp³-hybridized carbons (Fsp3) is 0.121. The highest BCUT2D eigenvalue weighted by molar-refractivity contribution is 7.89. The van der Waals surface area contributed by atoms with Crippen molar-refractivity contribution in [1.82, 2.24) is 4.72 Å². The van der Waals surface area contributed by atoms with E-state index in [0.717, 1.165) is 30.0 Å². The minimum atomic E-state index is -4.54. The van der Waals surface area contributed by atoms with Gasteiger partial charge in [-0.25, -0.2) is 8.42 Å². The number of hydrogen-bond donors (Lipinski definition) is 2. The van der Waals surface area contributed by atoms with Crippen LogP contribution in [0.1, 0.15) is 5.56 Å². The van der Waals surface area contributed by atoms with Gasteiger partial charge in [0.1, 0.15) is 22.4 Å². The highest BCUT2D eigenvalue weighted by Gasteiger charge is 2.28. The summed E-state index contributed by atoms with van der Waals surface area (Å²) in [6.45, 7) is 0. The molecule has 0 unspecified atom stereocenters. The van der Waals surface area contributed by atoms with Crippen molar-refractivity contribution in [2.45, 2.75) is 22.3 Å². The predicted molar refractivity (Wildman–Crippen MR) is 193 cm³/mol. The molecule has 0 aliphatic rings. The van der Waals surface area contributed by atoms with Crippen molar-refractivity contribution in [3.8, 4) is 17.2 Å². The number of carbonyl (C=O) groups is 1. The molecule has 0 saturated carbocycles. The van der Waals surface area contributed by atoms with Crippen molar-refractivity contribution in [1.29, 1.82) is 0 Å². The van der Waals surface area contributed by atoms with Crippen LogP contribution in [0, 0.1) is 10.1 Å². The van der Waals surface area contributed by atoms with E-state index in [9.17, 15) is 36.9 Å². The summed E-state index contributed by atoms with van der Waals surface area (Å²) in [4.78, 5) is 23.8. The first-order valence-electron chi connectivity index (χ1n) is 14.6. The second-order valence-electron chi connectivity index (χ2n) is 11.1. The Hall–Kier alpha value is -4.64. The standard InChI is InChI=1S/C33H26Cl3N3O10S2/c1-38(2)29-7-3-6-24-23(29)5-4-8-31(24)51(46,47)49-21-12-9-19(10-13-21)15-28(33(40)41)37-50(44,45)22-17-26(35)32(27(36)18-22)48-30-14-11-20(39(42)43)16-25(30)34/h3-14,16-18,28,37H,15H2,1-2H3,(H,40,41)/t28-/m0/s1. The Morgan fingerprint density at radius 1 is 0.882 bits per heavy atom. The molecule has 13 nitrogen and oxygen atoms in total. The summed E-state index contributed by atoms with van der Waals surface area (Å²) in [6.07, 6.45) is -0.334. The van der Waals surface area contributed by atoms with Crippen molar-refractivity contribution >= 4 is 83.1 Å². The number of nitrogens with zero attached hydrogens (tertiary/aromatic N) is 2. The molecule has 5 rings (SSSR count). The van der Waals surface area contributed by atoms with Gasteiger partial charge >= 0.3 is 16.1 Å². The highest BCUT2D eigenvalue weighted by atomic mass is 35.5. The number of sulfonamides is 1. The maximum atomic E-state index is 13.3. The average molecular weight is 795 g/mol. The second-order valence-corrected chi connectivity index (χ2v) is 15.6. The molecule has 1 atom stereocenters. The van der Waals surface area contributed by atoms with Crippen molar-refractivity contribution < 1.29 is 40.6 Å². The normalized spacial score (nSPS) is 12.3. The maximum Gasteiger partial charge on any atom is 0.339 e. The zero-order chi connectivity index (χ0) is 37.2. The van der Waals surface area contributed by atoms with E-state index < -0.39 is 42.0 Å². The first-order chi connectivity index (χ1) is 24.0. The number of aliphatic carboxylic acids is 1. The third-order valence-corrected chi connectivity index (χ3v) is 11.0. The molecule has 0 spiro atoms. The fourth-order valence-corrected chi connectivity index (χ4v) is 8.28. The van der Waals surface area contributed by atoms with E-state index in [1.165, 1.54) is 36.4 Å². The lowest BCUT2D eigenvalue weighted by Crippen LogP contribution is -2.42. The number of rotatable bonds is 13. The molecule has 0 bridgehead atoms. The molecular weight excluding hydrogens is 769 g/mol. The molecule has 266 valence electrons.